The fourth-order valence-electron chi connectivity index (χ4n) is 2.72. The molecule has 4 heterocycles. The number of hydrogen-bond donors (Lipinski definition) is 1. The van der Waals surface area contributed by atoms with Crippen molar-refractivity contribution >= 4 is 23.1 Å². The zero-order valence-corrected chi connectivity index (χ0v) is 13.7. The highest BCUT2D eigenvalue weighted by molar-refractivity contribution is 7.13. The molecule has 4 rings (SSSR count). The van der Waals surface area contributed by atoms with Gasteiger partial charge in [0.15, 0.2) is 17.8 Å². The van der Waals surface area contributed by atoms with Gasteiger partial charge in [-0.2, -0.15) is 5.10 Å². The Balaban J connectivity index is 1.51. The van der Waals surface area contributed by atoms with Crippen LogP contribution in [0.25, 0.3) is 10.6 Å². The molecule has 1 N–H and O–H groups in total. The second kappa shape index (κ2) is 6.58. The molecule has 0 saturated carbocycles. The summed E-state index contributed by atoms with van der Waals surface area (Å²) >= 11 is 1.50. The summed E-state index contributed by atoms with van der Waals surface area (Å²) in [5, 5.41) is 9.09. The molecule has 1 aliphatic rings. The van der Waals surface area contributed by atoms with Crippen molar-refractivity contribution in [1.82, 2.24) is 14.8 Å². The van der Waals surface area contributed by atoms with Crippen molar-refractivity contribution in [3.05, 3.63) is 41.9 Å². The molecule has 1 atom stereocenters. The molecule has 124 valence electrons. The van der Waals surface area contributed by atoms with E-state index in [0.29, 0.717) is 17.5 Å². The molecule has 0 spiro atoms. The maximum Gasteiger partial charge on any atom is 0.279 e. The number of nitrogens with one attached hydrogen (secondary N) is 1. The Morgan fingerprint density at radius 3 is 3.21 bits per heavy atom. The van der Waals surface area contributed by atoms with Crippen molar-refractivity contribution in [2.45, 2.75) is 13.0 Å². The summed E-state index contributed by atoms with van der Waals surface area (Å²) in [7, 11) is 0. The maximum atomic E-state index is 12.6. The van der Waals surface area contributed by atoms with Crippen LogP contribution in [0.15, 0.2) is 40.6 Å². The molecule has 24 heavy (non-hydrogen) atoms. The molecule has 1 saturated heterocycles. The van der Waals surface area contributed by atoms with Crippen molar-refractivity contribution in [3.8, 4) is 10.6 Å². The maximum absolute atomic E-state index is 12.6. The van der Waals surface area contributed by atoms with Crippen molar-refractivity contribution < 1.29 is 13.9 Å². The average Bonchev–Trinajstić information content (AvgIpc) is 3.37. The van der Waals surface area contributed by atoms with Crippen LogP contribution < -0.4 is 5.32 Å². The largest absolute Gasteiger partial charge is 0.442 e. The van der Waals surface area contributed by atoms with Gasteiger partial charge in [-0.15, -0.1) is 11.3 Å². The van der Waals surface area contributed by atoms with Crippen LogP contribution in [0.4, 0.5) is 5.82 Å². The SMILES string of the molecule is O=C(Nc1ccnn1CC1CCOC1)c1ncoc1-c1cccs1. The van der Waals surface area contributed by atoms with Gasteiger partial charge in [0.1, 0.15) is 5.82 Å². The van der Waals surface area contributed by atoms with Crippen LogP contribution in [0, 0.1) is 5.92 Å². The second-order valence-electron chi connectivity index (χ2n) is 5.59. The molecule has 1 aliphatic heterocycles. The van der Waals surface area contributed by atoms with Gasteiger partial charge < -0.3 is 14.5 Å². The van der Waals surface area contributed by atoms with Gasteiger partial charge in [-0.05, 0) is 17.9 Å². The summed E-state index contributed by atoms with van der Waals surface area (Å²) in [6.45, 7) is 2.25. The number of carbonyl (C=O) groups excluding carboxylic acids is 1. The lowest BCUT2D eigenvalue weighted by atomic mass is 10.1. The van der Waals surface area contributed by atoms with E-state index in [0.717, 1.165) is 31.1 Å². The molecule has 0 aliphatic carbocycles. The van der Waals surface area contributed by atoms with E-state index in [-0.39, 0.29) is 11.6 Å². The molecule has 3 aromatic rings. The number of rotatable bonds is 5. The van der Waals surface area contributed by atoms with E-state index in [9.17, 15) is 4.79 Å². The number of oxazole rings is 1. The molecule has 3 aromatic heterocycles. The number of hydrogen-bond acceptors (Lipinski definition) is 6. The van der Waals surface area contributed by atoms with Gasteiger partial charge >= 0.3 is 0 Å². The number of ether oxygens (including phenoxy) is 1. The van der Waals surface area contributed by atoms with Gasteiger partial charge in [0.2, 0.25) is 0 Å². The minimum atomic E-state index is -0.309. The fraction of sp³-hybridized carbons (Fsp3) is 0.312. The third kappa shape index (κ3) is 2.98. The van der Waals surface area contributed by atoms with Gasteiger partial charge in [0.25, 0.3) is 5.91 Å². The van der Waals surface area contributed by atoms with E-state index in [4.69, 9.17) is 9.15 Å². The number of amides is 1. The molecule has 1 amide bonds. The highest BCUT2D eigenvalue weighted by Crippen LogP contribution is 2.28. The predicted molar refractivity (Wildman–Crippen MR) is 88.9 cm³/mol. The zero-order chi connectivity index (χ0) is 16.4. The standard InChI is InChI=1S/C16H16N4O3S/c21-16(14-15(23-10-17-14)12-2-1-7-24-12)19-13-3-5-18-20(13)8-11-4-6-22-9-11/h1-3,5,7,10-11H,4,6,8-9H2,(H,19,21). The lowest BCUT2D eigenvalue weighted by Crippen LogP contribution is -2.19. The summed E-state index contributed by atoms with van der Waals surface area (Å²) in [5.41, 5.74) is 0.273. The number of nitrogens with zero attached hydrogens (tertiary/aromatic N) is 3. The topological polar surface area (TPSA) is 82.2 Å². The average molecular weight is 344 g/mol. The van der Waals surface area contributed by atoms with E-state index in [1.165, 1.54) is 17.7 Å². The van der Waals surface area contributed by atoms with E-state index in [1.54, 1.807) is 16.9 Å². The van der Waals surface area contributed by atoms with E-state index in [1.807, 2.05) is 17.5 Å². The predicted octanol–water partition coefficient (Wildman–Crippen LogP) is 2.89. The molecule has 8 heteroatoms. The first-order valence-electron chi connectivity index (χ1n) is 7.69. The summed E-state index contributed by atoms with van der Waals surface area (Å²) in [6, 6.07) is 5.58. The zero-order valence-electron chi connectivity index (χ0n) is 12.8. The van der Waals surface area contributed by atoms with Crippen LogP contribution in [0.2, 0.25) is 0 Å². The first-order valence-corrected chi connectivity index (χ1v) is 8.57. The fourth-order valence-corrected chi connectivity index (χ4v) is 3.43. The Hall–Kier alpha value is -2.45. The Bertz CT molecular complexity index is 818. The van der Waals surface area contributed by atoms with Crippen LogP contribution in [0.5, 0.6) is 0 Å². The molecule has 7 nitrogen and oxygen atoms in total. The van der Waals surface area contributed by atoms with Crippen molar-refractivity contribution in [3.63, 3.8) is 0 Å². The molecular formula is C16H16N4O3S. The van der Waals surface area contributed by atoms with E-state index >= 15 is 0 Å². The second-order valence-corrected chi connectivity index (χ2v) is 6.54. The smallest absolute Gasteiger partial charge is 0.279 e. The van der Waals surface area contributed by atoms with Gasteiger partial charge in [-0.25, -0.2) is 9.67 Å². The van der Waals surface area contributed by atoms with Crippen LogP contribution in [-0.4, -0.2) is 33.9 Å². The minimum Gasteiger partial charge on any atom is -0.442 e. The van der Waals surface area contributed by atoms with Crippen LogP contribution >= 0.6 is 11.3 Å². The molecule has 1 unspecified atom stereocenters. The Labute approximate surface area is 142 Å². The Kier molecular flexibility index (Phi) is 4.14. The van der Waals surface area contributed by atoms with E-state index < -0.39 is 0 Å². The highest BCUT2D eigenvalue weighted by Gasteiger charge is 2.22. The molecule has 1 fully saturated rings. The van der Waals surface area contributed by atoms with E-state index in [2.05, 4.69) is 15.4 Å². The molecule has 0 bridgehead atoms. The van der Waals surface area contributed by atoms with Crippen molar-refractivity contribution in [2.24, 2.45) is 5.92 Å². The number of thiophene rings is 1. The minimum absolute atomic E-state index is 0.273. The Morgan fingerprint density at radius 2 is 2.42 bits per heavy atom. The van der Waals surface area contributed by atoms with Gasteiger partial charge in [-0.1, -0.05) is 6.07 Å². The third-order valence-corrected chi connectivity index (χ3v) is 4.81. The first-order chi connectivity index (χ1) is 11.8. The number of aromatic nitrogens is 3. The highest BCUT2D eigenvalue weighted by atomic mass is 32.1. The van der Waals surface area contributed by atoms with Crippen LogP contribution in [-0.2, 0) is 11.3 Å². The molecule has 0 aromatic carbocycles. The van der Waals surface area contributed by atoms with Gasteiger partial charge in [0, 0.05) is 25.1 Å². The summed E-state index contributed by atoms with van der Waals surface area (Å²) in [4.78, 5) is 17.5. The van der Waals surface area contributed by atoms with Crippen molar-refractivity contribution in [2.75, 3.05) is 18.5 Å². The third-order valence-electron chi connectivity index (χ3n) is 3.94. The lowest BCUT2D eigenvalue weighted by molar-refractivity contribution is 0.102. The Morgan fingerprint density at radius 1 is 1.46 bits per heavy atom. The molecular weight excluding hydrogens is 328 g/mol. The lowest BCUT2D eigenvalue weighted by Gasteiger charge is -2.11. The summed E-state index contributed by atoms with van der Waals surface area (Å²) in [5.74, 6) is 1.25. The van der Waals surface area contributed by atoms with Crippen LogP contribution in [0.1, 0.15) is 16.9 Å². The normalized spacial score (nSPS) is 17.2. The van der Waals surface area contributed by atoms with Crippen LogP contribution in [0.3, 0.4) is 0 Å². The van der Waals surface area contributed by atoms with Crippen molar-refractivity contribution in [1.29, 1.82) is 0 Å². The quantitative estimate of drug-likeness (QED) is 0.769. The van der Waals surface area contributed by atoms with Gasteiger partial charge in [0.05, 0.1) is 17.7 Å². The number of anilines is 1. The first kappa shape index (κ1) is 15.1. The summed E-state index contributed by atoms with van der Waals surface area (Å²) < 4.78 is 12.6. The summed E-state index contributed by atoms with van der Waals surface area (Å²) in [6.07, 6.45) is 3.98. The molecule has 0 radical (unpaired) electrons. The number of carbonyl (C=O) groups is 1. The van der Waals surface area contributed by atoms with Gasteiger partial charge in [-0.3, -0.25) is 4.79 Å². The monoisotopic (exact) mass is 344 g/mol.